The van der Waals surface area contributed by atoms with E-state index in [1.807, 2.05) is 37.4 Å². The van der Waals surface area contributed by atoms with E-state index in [0.717, 1.165) is 23.4 Å². The Balaban J connectivity index is 2.02. The topological polar surface area (TPSA) is 12.0 Å². The van der Waals surface area contributed by atoms with Crippen LogP contribution in [0.25, 0.3) is 0 Å². The molecular weight excluding hydrogens is 261 g/mol. The molecule has 0 aliphatic heterocycles. The first-order chi connectivity index (χ1) is 9.17. The van der Waals surface area contributed by atoms with E-state index < -0.39 is 0 Å². The van der Waals surface area contributed by atoms with Gasteiger partial charge in [-0.05, 0) is 55.3 Å². The molecule has 2 rings (SSSR count). The van der Waals surface area contributed by atoms with Crippen LogP contribution in [0.2, 0.25) is 5.02 Å². The summed E-state index contributed by atoms with van der Waals surface area (Å²) in [6, 6.07) is 14.9. The van der Waals surface area contributed by atoms with E-state index in [0.29, 0.717) is 6.04 Å². The third-order valence-electron chi connectivity index (χ3n) is 3.17. The Hall–Kier alpha value is -1.38. The minimum atomic E-state index is -0.195. The predicted molar refractivity (Wildman–Crippen MR) is 78.1 cm³/mol. The van der Waals surface area contributed by atoms with Gasteiger partial charge in [0.05, 0.1) is 0 Å². The predicted octanol–water partition coefficient (Wildman–Crippen LogP) is 3.85. The number of halogens is 2. The monoisotopic (exact) mass is 277 g/mol. The second kappa shape index (κ2) is 6.69. The molecule has 100 valence electrons. The first-order valence-electron chi connectivity index (χ1n) is 6.33. The van der Waals surface area contributed by atoms with Gasteiger partial charge in [0.25, 0.3) is 0 Å². The molecule has 0 fully saturated rings. The lowest BCUT2D eigenvalue weighted by molar-refractivity contribution is 0.555. The highest BCUT2D eigenvalue weighted by atomic mass is 35.5. The summed E-state index contributed by atoms with van der Waals surface area (Å²) in [4.78, 5) is 0. The smallest absolute Gasteiger partial charge is 0.123 e. The molecule has 0 radical (unpaired) electrons. The largest absolute Gasteiger partial charge is 0.316 e. The van der Waals surface area contributed by atoms with Crippen molar-refractivity contribution in [2.45, 2.75) is 18.9 Å². The average molecular weight is 278 g/mol. The lowest BCUT2D eigenvalue weighted by atomic mass is 9.99. The standard InChI is InChI=1S/C16H17ClFN/c1-19-16(10-12-5-7-15(18)8-6-12)11-13-3-2-4-14(17)9-13/h2-9,16,19H,10-11H2,1H3. The molecule has 0 heterocycles. The SMILES string of the molecule is CNC(Cc1ccc(F)cc1)Cc1cccc(Cl)c1. The highest BCUT2D eigenvalue weighted by Crippen LogP contribution is 2.14. The molecule has 1 N–H and O–H groups in total. The molecule has 1 atom stereocenters. The molecule has 1 unspecified atom stereocenters. The summed E-state index contributed by atoms with van der Waals surface area (Å²) in [5.74, 6) is -0.195. The number of likely N-dealkylation sites (N-methyl/N-ethyl adjacent to an activating group) is 1. The molecule has 0 saturated heterocycles. The van der Waals surface area contributed by atoms with Crippen LogP contribution in [0.5, 0.6) is 0 Å². The van der Waals surface area contributed by atoms with Crippen LogP contribution in [0.4, 0.5) is 4.39 Å². The summed E-state index contributed by atoms with van der Waals surface area (Å²) in [7, 11) is 1.94. The molecule has 0 aliphatic rings. The van der Waals surface area contributed by atoms with Crippen LogP contribution >= 0.6 is 11.6 Å². The zero-order valence-electron chi connectivity index (χ0n) is 10.9. The number of rotatable bonds is 5. The Labute approximate surface area is 118 Å². The lowest BCUT2D eigenvalue weighted by Gasteiger charge is -2.16. The molecule has 0 bridgehead atoms. The van der Waals surface area contributed by atoms with Gasteiger partial charge in [0.1, 0.15) is 5.82 Å². The van der Waals surface area contributed by atoms with Gasteiger partial charge < -0.3 is 5.32 Å². The van der Waals surface area contributed by atoms with Crippen molar-refractivity contribution in [1.82, 2.24) is 5.32 Å². The van der Waals surface area contributed by atoms with Crippen molar-refractivity contribution in [3.63, 3.8) is 0 Å². The summed E-state index contributed by atoms with van der Waals surface area (Å²) < 4.78 is 12.9. The van der Waals surface area contributed by atoms with Crippen LogP contribution in [-0.4, -0.2) is 13.1 Å². The zero-order chi connectivity index (χ0) is 13.7. The van der Waals surface area contributed by atoms with Crippen molar-refractivity contribution in [1.29, 1.82) is 0 Å². The van der Waals surface area contributed by atoms with Gasteiger partial charge in [0.2, 0.25) is 0 Å². The molecule has 3 heteroatoms. The highest BCUT2D eigenvalue weighted by molar-refractivity contribution is 6.30. The first-order valence-corrected chi connectivity index (χ1v) is 6.71. The average Bonchev–Trinajstić information content (AvgIpc) is 2.40. The minimum Gasteiger partial charge on any atom is -0.316 e. The van der Waals surface area contributed by atoms with Crippen molar-refractivity contribution >= 4 is 11.6 Å². The molecule has 1 nitrogen and oxygen atoms in total. The molecule has 19 heavy (non-hydrogen) atoms. The van der Waals surface area contributed by atoms with Gasteiger partial charge in [-0.25, -0.2) is 4.39 Å². The lowest BCUT2D eigenvalue weighted by Crippen LogP contribution is -2.29. The second-order valence-electron chi connectivity index (χ2n) is 4.65. The van der Waals surface area contributed by atoms with E-state index in [2.05, 4.69) is 11.4 Å². The highest BCUT2D eigenvalue weighted by Gasteiger charge is 2.09. The molecule has 2 aromatic rings. The molecule has 0 aromatic heterocycles. The van der Waals surface area contributed by atoms with Gasteiger partial charge in [-0.15, -0.1) is 0 Å². The number of hydrogen-bond acceptors (Lipinski definition) is 1. The van der Waals surface area contributed by atoms with Crippen LogP contribution < -0.4 is 5.32 Å². The Morgan fingerprint density at radius 2 is 1.74 bits per heavy atom. The van der Waals surface area contributed by atoms with Crippen molar-refractivity contribution in [2.24, 2.45) is 0 Å². The third kappa shape index (κ3) is 4.34. The molecule has 0 spiro atoms. The van der Waals surface area contributed by atoms with Crippen molar-refractivity contribution in [3.8, 4) is 0 Å². The Morgan fingerprint density at radius 3 is 2.37 bits per heavy atom. The van der Waals surface area contributed by atoms with Gasteiger partial charge in [-0.3, -0.25) is 0 Å². The summed E-state index contributed by atoms with van der Waals surface area (Å²) in [5, 5.41) is 4.05. The first kappa shape index (κ1) is 14.0. The van der Waals surface area contributed by atoms with E-state index in [9.17, 15) is 4.39 Å². The molecule has 0 amide bonds. The number of benzene rings is 2. The number of hydrogen-bond donors (Lipinski definition) is 1. The maximum Gasteiger partial charge on any atom is 0.123 e. The van der Waals surface area contributed by atoms with E-state index in [1.54, 1.807) is 0 Å². The fourth-order valence-corrected chi connectivity index (χ4v) is 2.34. The second-order valence-corrected chi connectivity index (χ2v) is 5.09. The fourth-order valence-electron chi connectivity index (χ4n) is 2.13. The third-order valence-corrected chi connectivity index (χ3v) is 3.41. The van der Waals surface area contributed by atoms with Crippen LogP contribution in [-0.2, 0) is 12.8 Å². The van der Waals surface area contributed by atoms with E-state index >= 15 is 0 Å². The fraction of sp³-hybridized carbons (Fsp3) is 0.250. The maximum absolute atomic E-state index is 12.9. The van der Waals surface area contributed by atoms with Crippen LogP contribution in [0.1, 0.15) is 11.1 Å². The molecular formula is C16H17ClFN. The quantitative estimate of drug-likeness (QED) is 0.875. The summed E-state index contributed by atoms with van der Waals surface area (Å²) in [6.45, 7) is 0. The van der Waals surface area contributed by atoms with Crippen molar-refractivity contribution < 1.29 is 4.39 Å². The van der Waals surface area contributed by atoms with Crippen molar-refractivity contribution in [3.05, 3.63) is 70.5 Å². The maximum atomic E-state index is 12.9. The van der Waals surface area contributed by atoms with Gasteiger partial charge in [0, 0.05) is 11.1 Å². The van der Waals surface area contributed by atoms with Crippen LogP contribution in [0.3, 0.4) is 0 Å². The molecule has 0 saturated carbocycles. The van der Waals surface area contributed by atoms with Crippen LogP contribution in [0.15, 0.2) is 48.5 Å². The van der Waals surface area contributed by atoms with Gasteiger partial charge in [-0.2, -0.15) is 0 Å². The molecule has 2 aromatic carbocycles. The summed E-state index contributed by atoms with van der Waals surface area (Å²) in [6.07, 6.45) is 1.76. The Morgan fingerprint density at radius 1 is 1.05 bits per heavy atom. The Bertz CT molecular complexity index is 525. The minimum absolute atomic E-state index is 0.195. The van der Waals surface area contributed by atoms with E-state index in [1.165, 1.54) is 17.7 Å². The summed E-state index contributed by atoms with van der Waals surface area (Å²) >= 11 is 5.99. The Kier molecular flexibility index (Phi) is 4.94. The van der Waals surface area contributed by atoms with Crippen LogP contribution in [0, 0.1) is 5.82 Å². The van der Waals surface area contributed by atoms with Crippen molar-refractivity contribution in [2.75, 3.05) is 7.05 Å². The number of nitrogens with one attached hydrogen (secondary N) is 1. The van der Waals surface area contributed by atoms with Gasteiger partial charge in [0.15, 0.2) is 0 Å². The van der Waals surface area contributed by atoms with Gasteiger partial charge >= 0.3 is 0 Å². The van der Waals surface area contributed by atoms with E-state index in [4.69, 9.17) is 11.6 Å². The molecule has 0 aliphatic carbocycles. The normalized spacial score (nSPS) is 12.4. The summed E-state index contributed by atoms with van der Waals surface area (Å²) in [5.41, 5.74) is 2.33. The van der Waals surface area contributed by atoms with Gasteiger partial charge in [-0.1, -0.05) is 35.9 Å². The zero-order valence-corrected chi connectivity index (χ0v) is 11.6. The van der Waals surface area contributed by atoms with E-state index in [-0.39, 0.29) is 5.82 Å².